The maximum Gasteiger partial charge on any atom is 0.0576 e. The molecule has 0 atom stereocenters. The third kappa shape index (κ3) is 6.72. The Hall–Kier alpha value is -1.70. The van der Waals surface area contributed by atoms with Crippen LogP contribution in [0.5, 0.6) is 0 Å². The van der Waals surface area contributed by atoms with E-state index in [0.29, 0.717) is 11.8 Å². The first-order valence-electron chi connectivity index (χ1n) is 11.6. The van der Waals surface area contributed by atoms with E-state index in [-0.39, 0.29) is 0 Å². The van der Waals surface area contributed by atoms with E-state index in [1.807, 2.05) is 0 Å². The summed E-state index contributed by atoms with van der Waals surface area (Å²) in [5.74, 6) is 1.02. The summed E-state index contributed by atoms with van der Waals surface area (Å²) in [5.41, 5.74) is 6.68. The van der Waals surface area contributed by atoms with Gasteiger partial charge in [0.25, 0.3) is 0 Å². The maximum atomic E-state index is 3.83. The Morgan fingerprint density at radius 3 is 1.96 bits per heavy atom. The van der Waals surface area contributed by atoms with Gasteiger partial charge in [-0.15, -0.1) is 0 Å². The van der Waals surface area contributed by atoms with Crippen molar-refractivity contribution in [2.75, 3.05) is 11.9 Å². The molecule has 0 saturated carbocycles. The smallest absolute Gasteiger partial charge is 0.0576 e. The van der Waals surface area contributed by atoms with Gasteiger partial charge >= 0.3 is 0 Å². The van der Waals surface area contributed by atoms with Crippen molar-refractivity contribution in [3.05, 3.63) is 52.9 Å². The third-order valence-electron chi connectivity index (χ3n) is 5.63. The number of allylic oxidation sites excluding steroid dienone is 2. The second-order valence-electron chi connectivity index (χ2n) is 8.75. The average Bonchev–Trinajstić information content (AvgIpc) is 2.68. The Kier molecular flexibility index (Phi) is 9.67. The monoisotopic (exact) mass is 382 g/mol. The molecule has 2 N–H and O–H groups in total. The lowest BCUT2D eigenvalue weighted by Crippen LogP contribution is -2.22. The lowest BCUT2D eigenvalue weighted by atomic mass is 9.92. The summed E-state index contributed by atoms with van der Waals surface area (Å²) in [4.78, 5) is 0. The molecule has 2 nitrogen and oxygen atoms in total. The van der Waals surface area contributed by atoms with Gasteiger partial charge in [-0.25, -0.2) is 0 Å². The molecule has 156 valence electrons. The predicted octanol–water partition coefficient (Wildman–Crippen LogP) is 7.86. The van der Waals surface area contributed by atoms with E-state index < -0.39 is 0 Å². The van der Waals surface area contributed by atoms with E-state index in [1.54, 1.807) is 0 Å². The molecule has 1 aliphatic rings. The van der Waals surface area contributed by atoms with Crippen LogP contribution in [0.1, 0.15) is 109 Å². The standard InChI is InChI=1S/C26H42N2/c1-6-7-8-9-10-13-19-27-24-17-11-12-18-25(24)28-26-22(20(2)3)15-14-16-23(26)21(4)5/h14-18,20-21,27-28H,6-13,19H2,1-5H3. The second kappa shape index (κ2) is 12.0. The molecule has 0 aromatic heterocycles. The van der Waals surface area contributed by atoms with Gasteiger partial charge in [0.1, 0.15) is 0 Å². The molecular weight excluding hydrogens is 340 g/mol. The first-order chi connectivity index (χ1) is 13.5. The van der Waals surface area contributed by atoms with E-state index >= 15 is 0 Å². The van der Waals surface area contributed by atoms with Crippen LogP contribution < -0.4 is 10.6 Å². The molecule has 0 saturated heterocycles. The molecule has 28 heavy (non-hydrogen) atoms. The zero-order valence-corrected chi connectivity index (χ0v) is 18.9. The van der Waals surface area contributed by atoms with Crippen molar-refractivity contribution in [2.45, 2.75) is 97.8 Å². The summed E-state index contributed by atoms with van der Waals surface area (Å²) in [5, 5.41) is 7.54. The first-order valence-corrected chi connectivity index (χ1v) is 11.6. The Bertz CT molecular complexity index is 626. The Labute approximate surface area is 173 Å². The van der Waals surface area contributed by atoms with Crippen LogP contribution in [0.3, 0.4) is 0 Å². The van der Waals surface area contributed by atoms with Crippen LogP contribution in [0.15, 0.2) is 41.7 Å². The van der Waals surface area contributed by atoms with Crippen molar-refractivity contribution in [1.82, 2.24) is 5.32 Å². The van der Waals surface area contributed by atoms with Crippen molar-refractivity contribution >= 4 is 5.69 Å². The summed E-state index contributed by atoms with van der Waals surface area (Å²) < 4.78 is 0. The number of hydrogen-bond acceptors (Lipinski definition) is 2. The molecule has 1 aromatic carbocycles. The van der Waals surface area contributed by atoms with Gasteiger partial charge in [-0.2, -0.15) is 0 Å². The van der Waals surface area contributed by atoms with Crippen molar-refractivity contribution in [3.63, 3.8) is 0 Å². The number of benzene rings is 1. The summed E-state index contributed by atoms with van der Waals surface area (Å²) in [6.07, 6.45) is 15.0. The molecule has 0 unspecified atom stereocenters. The van der Waals surface area contributed by atoms with Gasteiger partial charge in [-0.3, -0.25) is 0 Å². The molecule has 2 heteroatoms. The predicted molar refractivity (Wildman–Crippen MR) is 125 cm³/mol. The van der Waals surface area contributed by atoms with Gasteiger partial charge in [-0.05, 0) is 42.2 Å². The van der Waals surface area contributed by atoms with Crippen LogP contribution in [0.4, 0.5) is 5.69 Å². The highest BCUT2D eigenvalue weighted by Gasteiger charge is 2.17. The van der Waals surface area contributed by atoms with Gasteiger partial charge in [0.15, 0.2) is 0 Å². The van der Waals surface area contributed by atoms with Crippen LogP contribution >= 0.6 is 0 Å². The first kappa shape index (κ1) is 22.6. The summed E-state index contributed by atoms with van der Waals surface area (Å²) in [6.45, 7) is 12.5. The molecule has 2 rings (SSSR count). The normalized spacial score (nSPS) is 14.2. The van der Waals surface area contributed by atoms with Gasteiger partial charge < -0.3 is 10.6 Å². The molecule has 0 aliphatic heterocycles. The van der Waals surface area contributed by atoms with Crippen LogP contribution in [-0.4, -0.2) is 6.54 Å². The van der Waals surface area contributed by atoms with Crippen molar-refractivity contribution in [1.29, 1.82) is 0 Å². The van der Waals surface area contributed by atoms with E-state index in [9.17, 15) is 0 Å². The second-order valence-corrected chi connectivity index (χ2v) is 8.75. The van der Waals surface area contributed by atoms with E-state index in [2.05, 4.69) is 75.6 Å². The van der Waals surface area contributed by atoms with Gasteiger partial charge in [-0.1, -0.05) is 97.1 Å². The van der Waals surface area contributed by atoms with Gasteiger partial charge in [0, 0.05) is 12.2 Å². The third-order valence-corrected chi connectivity index (χ3v) is 5.63. The Morgan fingerprint density at radius 1 is 0.786 bits per heavy atom. The summed E-state index contributed by atoms with van der Waals surface area (Å²) in [7, 11) is 0. The largest absolute Gasteiger partial charge is 0.384 e. The lowest BCUT2D eigenvalue weighted by molar-refractivity contribution is 0.593. The van der Waals surface area contributed by atoms with Crippen molar-refractivity contribution in [3.8, 4) is 0 Å². The zero-order chi connectivity index (χ0) is 20.4. The van der Waals surface area contributed by atoms with Crippen LogP contribution in [-0.2, 0) is 0 Å². The zero-order valence-electron chi connectivity index (χ0n) is 18.9. The molecule has 1 aromatic rings. The highest BCUT2D eigenvalue weighted by atomic mass is 15.0. The quantitative estimate of drug-likeness (QED) is 0.359. The fourth-order valence-electron chi connectivity index (χ4n) is 3.92. The van der Waals surface area contributed by atoms with E-state index in [1.165, 1.54) is 66.7 Å². The van der Waals surface area contributed by atoms with Crippen LogP contribution in [0.2, 0.25) is 0 Å². The van der Waals surface area contributed by atoms with E-state index in [0.717, 1.165) is 19.4 Å². The van der Waals surface area contributed by atoms with Gasteiger partial charge in [0.2, 0.25) is 0 Å². The average molecular weight is 383 g/mol. The number of nitrogens with one attached hydrogen (secondary N) is 2. The highest BCUT2D eigenvalue weighted by Crippen LogP contribution is 2.34. The minimum Gasteiger partial charge on any atom is -0.384 e. The number of hydrogen-bond donors (Lipinski definition) is 2. The molecule has 0 bridgehead atoms. The molecule has 1 aliphatic carbocycles. The topological polar surface area (TPSA) is 24.1 Å². The summed E-state index contributed by atoms with van der Waals surface area (Å²) in [6, 6.07) is 6.75. The minimum atomic E-state index is 0.508. The van der Waals surface area contributed by atoms with Gasteiger partial charge in [0.05, 0.1) is 11.4 Å². The van der Waals surface area contributed by atoms with Crippen LogP contribution in [0, 0.1) is 0 Å². The van der Waals surface area contributed by atoms with E-state index in [4.69, 9.17) is 0 Å². The molecule has 0 heterocycles. The fraction of sp³-hybridized carbons (Fsp3) is 0.615. The van der Waals surface area contributed by atoms with Crippen LogP contribution in [0.25, 0.3) is 0 Å². The number of anilines is 1. The number of para-hydroxylation sites is 1. The highest BCUT2D eigenvalue weighted by molar-refractivity contribution is 5.65. The number of rotatable bonds is 12. The fourth-order valence-corrected chi connectivity index (χ4v) is 3.92. The number of unbranched alkanes of at least 4 members (excludes halogenated alkanes) is 5. The molecule has 0 spiro atoms. The summed E-state index contributed by atoms with van der Waals surface area (Å²) >= 11 is 0. The molecular formula is C26H42N2. The van der Waals surface area contributed by atoms with Crippen molar-refractivity contribution in [2.24, 2.45) is 0 Å². The SMILES string of the molecule is CCCCCCCCNC1=CCCC=C1Nc1c(C(C)C)cccc1C(C)C. The molecule has 0 fully saturated rings. The molecule has 0 radical (unpaired) electrons. The maximum absolute atomic E-state index is 3.83. The molecule has 0 amide bonds. The Balaban J connectivity index is 2.02. The minimum absolute atomic E-state index is 0.508. The Morgan fingerprint density at radius 2 is 1.36 bits per heavy atom. The lowest BCUT2D eigenvalue weighted by Gasteiger charge is -2.25. The van der Waals surface area contributed by atoms with Crippen molar-refractivity contribution < 1.29 is 0 Å².